The molecule has 1 heterocycles. The summed E-state index contributed by atoms with van der Waals surface area (Å²) < 4.78 is 33.5. The van der Waals surface area contributed by atoms with E-state index in [1.54, 1.807) is 29.2 Å². The minimum Gasteiger partial charge on any atom is -0.495 e. The lowest BCUT2D eigenvalue weighted by Crippen LogP contribution is -2.28. The highest BCUT2D eigenvalue weighted by atomic mass is 32.2. The Morgan fingerprint density at radius 3 is 2.38 bits per heavy atom. The number of ether oxygens (including phenoxy) is 1. The minimum absolute atomic E-state index is 0.0644. The zero-order valence-electron chi connectivity index (χ0n) is 16.3. The summed E-state index contributed by atoms with van der Waals surface area (Å²) in [4.78, 5) is 25.8. The van der Waals surface area contributed by atoms with E-state index < -0.39 is 10.0 Å². The fraction of sp³-hybridized carbons (Fsp3) is 0.300. The largest absolute Gasteiger partial charge is 0.495 e. The summed E-state index contributed by atoms with van der Waals surface area (Å²) in [6.45, 7) is 2.65. The number of hydrogen-bond acceptors (Lipinski definition) is 5. The summed E-state index contributed by atoms with van der Waals surface area (Å²) in [5, 5.41) is 2.55. The first-order valence-corrected chi connectivity index (χ1v) is 10.7. The highest BCUT2D eigenvalue weighted by Crippen LogP contribution is 2.29. The van der Waals surface area contributed by atoms with Gasteiger partial charge >= 0.3 is 0 Å². The van der Waals surface area contributed by atoms with Crippen LogP contribution in [0.4, 0.5) is 11.4 Å². The molecule has 3 rings (SSSR count). The number of nitrogens with zero attached hydrogens (tertiary/aromatic N) is 1. The number of sulfonamides is 1. The molecule has 1 fully saturated rings. The van der Waals surface area contributed by atoms with E-state index in [1.165, 1.54) is 32.2 Å². The third-order valence-electron chi connectivity index (χ3n) is 4.59. The predicted octanol–water partition coefficient (Wildman–Crippen LogP) is 2.69. The van der Waals surface area contributed by atoms with Crippen LogP contribution in [-0.2, 0) is 14.8 Å². The summed E-state index contributed by atoms with van der Waals surface area (Å²) in [6, 6.07) is 10.7. The van der Waals surface area contributed by atoms with Gasteiger partial charge < -0.3 is 15.0 Å². The summed E-state index contributed by atoms with van der Waals surface area (Å²) in [5.74, 6) is -0.217. The SMILES string of the molecule is COc1ccc(S(=O)(=O)Nc2ccccc2C(=O)N2CCCC2)cc1NC(C)=O. The second-order valence-electron chi connectivity index (χ2n) is 6.69. The second kappa shape index (κ2) is 8.52. The van der Waals surface area contributed by atoms with Crippen LogP contribution in [-0.4, -0.2) is 45.3 Å². The molecule has 2 N–H and O–H groups in total. The fourth-order valence-electron chi connectivity index (χ4n) is 3.19. The van der Waals surface area contributed by atoms with Gasteiger partial charge in [0.2, 0.25) is 5.91 Å². The number of carbonyl (C=O) groups excluding carboxylic acids is 2. The normalized spacial score (nSPS) is 13.8. The van der Waals surface area contributed by atoms with Crippen molar-refractivity contribution in [2.45, 2.75) is 24.7 Å². The Kier molecular flexibility index (Phi) is 6.07. The van der Waals surface area contributed by atoms with E-state index in [0.29, 0.717) is 24.4 Å². The van der Waals surface area contributed by atoms with Crippen LogP contribution in [0.25, 0.3) is 0 Å². The molecule has 0 aliphatic carbocycles. The number of para-hydroxylation sites is 1. The molecule has 2 amide bonds. The van der Waals surface area contributed by atoms with Crippen LogP contribution in [0.15, 0.2) is 47.4 Å². The van der Waals surface area contributed by atoms with E-state index in [1.807, 2.05) is 0 Å². The fourth-order valence-corrected chi connectivity index (χ4v) is 4.30. The topological polar surface area (TPSA) is 105 Å². The van der Waals surface area contributed by atoms with Crippen molar-refractivity contribution >= 4 is 33.2 Å². The number of anilines is 2. The Labute approximate surface area is 169 Å². The van der Waals surface area contributed by atoms with Gasteiger partial charge in [-0.2, -0.15) is 0 Å². The van der Waals surface area contributed by atoms with Crippen LogP contribution in [0.5, 0.6) is 5.75 Å². The highest BCUT2D eigenvalue weighted by molar-refractivity contribution is 7.92. The Morgan fingerprint density at radius 1 is 1.03 bits per heavy atom. The Balaban J connectivity index is 1.92. The van der Waals surface area contributed by atoms with Crippen LogP contribution in [0.2, 0.25) is 0 Å². The molecule has 2 aromatic carbocycles. The monoisotopic (exact) mass is 417 g/mol. The van der Waals surface area contributed by atoms with Crippen molar-refractivity contribution in [2.24, 2.45) is 0 Å². The van der Waals surface area contributed by atoms with Gasteiger partial charge in [0.25, 0.3) is 15.9 Å². The molecule has 0 bridgehead atoms. The Hall–Kier alpha value is -3.07. The Bertz CT molecular complexity index is 1030. The third kappa shape index (κ3) is 4.68. The van der Waals surface area contributed by atoms with E-state index in [2.05, 4.69) is 10.0 Å². The van der Waals surface area contributed by atoms with Crippen molar-refractivity contribution in [3.05, 3.63) is 48.0 Å². The molecule has 0 saturated carbocycles. The zero-order chi connectivity index (χ0) is 21.0. The van der Waals surface area contributed by atoms with Crippen molar-refractivity contribution in [2.75, 3.05) is 30.2 Å². The van der Waals surface area contributed by atoms with Gasteiger partial charge in [-0.05, 0) is 43.2 Å². The number of likely N-dealkylation sites (tertiary alicyclic amines) is 1. The molecule has 2 aromatic rings. The van der Waals surface area contributed by atoms with E-state index in [-0.39, 0.29) is 28.1 Å². The molecule has 29 heavy (non-hydrogen) atoms. The van der Waals surface area contributed by atoms with Crippen molar-refractivity contribution in [3.63, 3.8) is 0 Å². The van der Waals surface area contributed by atoms with Crippen molar-refractivity contribution in [1.82, 2.24) is 4.90 Å². The lowest BCUT2D eigenvalue weighted by Gasteiger charge is -2.18. The number of methoxy groups -OCH3 is 1. The molecule has 0 aromatic heterocycles. The first-order valence-electron chi connectivity index (χ1n) is 9.18. The first kappa shape index (κ1) is 20.7. The summed E-state index contributed by atoms with van der Waals surface area (Å²) in [5.41, 5.74) is 0.749. The summed E-state index contributed by atoms with van der Waals surface area (Å²) in [7, 11) is -2.58. The summed E-state index contributed by atoms with van der Waals surface area (Å²) in [6.07, 6.45) is 1.88. The van der Waals surface area contributed by atoms with Gasteiger partial charge in [0.05, 0.1) is 28.9 Å². The first-order chi connectivity index (χ1) is 13.8. The van der Waals surface area contributed by atoms with Gasteiger partial charge in [-0.1, -0.05) is 12.1 Å². The predicted molar refractivity (Wildman–Crippen MR) is 110 cm³/mol. The van der Waals surface area contributed by atoms with E-state index >= 15 is 0 Å². The Morgan fingerprint density at radius 2 is 1.72 bits per heavy atom. The van der Waals surface area contributed by atoms with Gasteiger partial charge in [0.1, 0.15) is 5.75 Å². The number of hydrogen-bond donors (Lipinski definition) is 2. The molecule has 154 valence electrons. The molecule has 9 heteroatoms. The molecule has 0 radical (unpaired) electrons. The molecular weight excluding hydrogens is 394 g/mol. The molecule has 0 atom stereocenters. The minimum atomic E-state index is -4.00. The van der Waals surface area contributed by atoms with E-state index in [4.69, 9.17) is 4.74 Å². The van der Waals surface area contributed by atoms with Gasteiger partial charge in [-0.25, -0.2) is 8.42 Å². The molecule has 1 aliphatic rings. The highest BCUT2D eigenvalue weighted by Gasteiger charge is 2.24. The maximum Gasteiger partial charge on any atom is 0.261 e. The maximum absolute atomic E-state index is 12.9. The smallest absolute Gasteiger partial charge is 0.261 e. The van der Waals surface area contributed by atoms with Crippen LogP contribution >= 0.6 is 0 Å². The molecule has 1 saturated heterocycles. The van der Waals surface area contributed by atoms with Crippen LogP contribution < -0.4 is 14.8 Å². The average Bonchev–Trinajstić information content (AvgIpc) is 3.22. The number of amides is 2. The van der Waals surface area contributed by atoms with E-state index in [0.717, 1.165) is 12.8 Å². The number of nitrogens with one attached hydrogen (secondary N) is 2. The van der Waals surface area contributed by atoms with E-state index in [9.17, 15) is 18.0 Å². The second-order valence-corrected chi connectivity index (χ2v) is 8.38. The van der Waals surface area contributed by atoms with Crippen LogP contribution in [0.1, 0.15) is 30.1 Å². The van der Waals surface area contributed by atoms with Gasteiger partial charge in [0, 0.05) is 20.0 Å². The van der Waals surface area contributed by atoms with Gasteiger partial charge in [-0.15, -0.1) is 0 Å². The molecule has 0 unspecified atom stereocenters. The lowest BCUT2D eigenvalue weighted by atomic mass is 10.1. The number of benzene rings is 2. The maximum atomic E-state index is 12.9. The third-order valence-corrected chi connectivity index (χ3v) is 5.95. The van der Waals surface area contributed by atoms with Crippen LogP contribution in [0, 0.1) is 0 Å². The van der Waals surface area contributed by atoms with Gasteiger partial charge in [0.15, 0.2) is 0 Å². The van der Waals surface area contributed by atoms with Crippen molar-refractivity contribution in [1.29, 1.82) is 0 Å². The lowest BCUT2D eigenvalue weighted by molar-refractivity contribution is -0.114. The quantitative estimate of drug-likeness (QED) is 0.752. The van der Waals surface area contributed by atoms with Gasteiger partial charge in [-0.3, -0.25) is 14.3 Å². The number of carbonyl (C=O) groups is 2. The molecule has 1 aliphatic heterocycles. The van der Waals surface area contributed by atoms with Crippen LogP contribution in [0.3, 0.4) is 0 Å². The zero-order valence-corrected chi connectivity index (χ0v) is 17.1. The molecule has 0 spiro atoms. The standard InChI is InChI=1S/C20H23N3O5S/c1-14(24)21-18-13-15(9-10-19(18)28-2)29(26,27)22-17-8-4-3-7-16(17)20(25)23-11-5-6-12-23/h3-4,7-10,13,22H,5-6,11-12H2,1-2H3,(H,21,24). The molecule has 8 nitrogen and oxygen atoms in total. The summed E-state index contributed by atoms with van der Waals surface area (Å²) >= 11 is 0. The number of rotatable bonds is 6. The molecular formula is C20H23N3O5S. The van der Waals surface area contributed by atoms with Crippen molar-refractivity contribution < 1.29 is 22.7 Å². The average molecular weight is 417 g/mol. The van der Waals surface area contributed by atoms with Crippen molar-refractivity contribution in [3.8, 4) is 5.75 Å².